The van der Waals surface area contributed by atoms with Crippen molar-refractivity contribution in [1.29, 1.82) is 0 Å². The van der Waals surface area contributed by atoms with E-state index in [0.717, 1.165) is 43.7 Å². The zero-order valence-corrected chi connectivity index (χ0v) is 13.9. The lowest BCUT2D eigenvalue weighted by molar-refractivity contribution is 0.0658. The van der Waals surface area contributed by atoms with Gasteiger partial charge in [-0.3, -0.25) is 4.79 Å². The Morgan fingerprint density at radius 2 is 2.12 bits per heavy atom. The topological polar surface area (TPSA) is 64.2 Å². The van der Waals surface area contributed by atoms with Gasteiger partial charge in [0.2, 0.25) is 0 Å². The van der Waals surface area contributed by atoms with Gasteiger partial charge in [0.15, 0.2) is 0 Å². The molecule has 1 unspecified atom stereocenters. The zero-order valence-electron chi connectivity index (χ0n) is 13.9. The van der Waals surface area contributed by atoms with E-state index < -0.39 is 0 Å². The van der Waals surface area contributed by atoms with E-state index in [0.29, 0.717) is 5.56 Å². The van der Waals surface area contributed by atoms with Crippen LogP contribution < -0.4 is 0 Å². The molecule has 1 aliphatic heterocycles. The summed E-state index contributed by atoms with van der Waals surface area (Å²) in [6.07, 6.45) is 8.98. The number of rotatable bonds is 3. The Morgan fingerprint density at radius 1 is 1.16 bits per heavy atom. The molecule has 1 atom stereocenters. The van der Waals surface area contributed by atoms with Crippen LogP contribution in [0.3, 0.4) is 0 Å². The van der Waals surface area contributed by atoms with Gasteiger partial charge in [0, 0.05) is 12.1 Å². The van der Waals surface area contributed by atoms with E-state index in [4.69, 9.17) is 4.42 Å². The smallest absolute Gasteiger partial charge is 0.254 e. The van der Waals surface area contributed by atoms with Crippen molar-refractivity contribution in [2.45, 2.75) is 31.7 Å². The van der Waals surface area contributed by atoms with Gasteiger partial charge in [-0.1, -0.05) is 18.9 Å². The first-order valence-corrected chi connectivity index (χ1v) is 8.62. The van der Waals surface area contributed by atoms with Crippen molar-refractivity contribution in [3.05, 3.63) is 66.6 Å². The number of carbonyl (C=O) groups is 1. The second-order valence-electron chi connectivity index (χ2n) is 6.27. The fraction of sp³-hybridized carbons (Fsp3) is 0.316. The Morgan fingerprint density at radius 3 is 2.92 bits per heavy atom. The van der Waals surface area contributed by atoms with Crippen molar-refractivity contribution in [3.8, 4) is 5.69 Å². The summed E-state index contributed by atoms with van der Waals surface area (Å²) in [4.78, 5) is 19.1. The highest BCUT2D eigenvalue weighted by molar-refractivity contribution is 5.95. The molecule has 128 valence electrons. The molecule has 3 aromatic rings. The van der Waals surface area contributed by atoms with Gasteiger partial charge in [0.25, 0.3) is 5.91 Å². The number of furan rings is 1. The molecule has 0 spiro atoms. The fourth-order valence-corrected chi connectivity index (χ4v) is 3.42. The molecule has 1 fully saturated rings. The van der Waals surface area contributed by atoms with Crippen LogP contribution in [0.5, 0.6) is 0 Å². The SMILES string of the molecule is O=C(c1cccc(-n2cncn2)c1)N1CCCCCC1c1ccco1. The molecule has 2 aromatic heterocycles. The number of amides is 1. The van der Waals surface area contributed by atoms with Gasteiger partial charge in [0.05, 0.1) is 18.0 Å². The summed E-state index contributed by atoms with van der Waals surface area (Å²) < 4.78 is 7.27. The van der Waals surface area contributed by atoms with E-state index in [1.807, 2.05) is 41.3 Å². The maximum Gasteiger partial charge on any atom is 0.254 e. The molecule has 1 saturated heterocycles. The van der Waals surface area contributed by atoms with Gasteiger partial charge in [-0.05, 0) is 43.2 Å². The second kappa shape index (κ2) is 6.93. The number of carbonyl (C=O) groups excluding carboxylic acids is 1. The molecule has 0 bridgehead atoms. The second-order valence-corrected chi connectivity index (χ2v) is 6.27. The van der Waals surface area contributed by atoms with E-state index in [1.54, 1.807) is 17.3 Å². The van der Waals surface area contributed by atoms with Crippen LogP contribution in [0.15, 0.2) is 59.7 Å². The molecule has 6 heteroatoms. The maximum atomic E-state index is 13.2. The number of nitrogens with zero attached hydrogens (tertiary/aromatic N) is 4. The van der Waals surface area contributed by atoms with Gasteiger partial charge in [-0.2, -0.15) is 5.10 Å². The van der Waals surface area contributed by atoms with Crippen LogP contribution in [-0.4, -0.2) is 32.1 Å². The molecular weight excluding hydrogens is 316 g/mol. The predicted molar refractivity (Wildman–Crippen MR) is 92.3 cm³/mol. The Balaban J connectivity index is 1.65. The van der Waals surface area contributed by atoms with Crippen molar-refractivity contribution in [1.82, 2.24) is 19.7 Å². The van der Waals surface area contributed by atoms with Crippen LogP contribution in [-0.2, 0) is 0 Å². The first kappa shape index (κ1) is 15.6. The van der Waals surface area contributed by atoms with E-state index >= 15 is 0 Å². The largest absolute Gasteiger partial charge is 0.467 e. The van der Waals surface area contributed by atoms with Gasteiger partial charge >= 0.3 is 0 Å². The van der Waals surface area contributed by atoms with Crippen LogP contribution in [0, 0.1) is 0 Å². The standard InChI is InChI=1S/C19H20N4O2/c24-19(15-6-4-7-16(12-15)23-14-20-13-21-23)22-10-3-1-2-8-17(22)18-9-5-11-25-18/h4-7,9,11-14,17H,1-3,8,10H2. The molecule has 1 aromatic carbocycles. The minimum Gasteiger partial charge on any atom is -0.467 e. The number of likely N-dealkylation sites (tertiary alicyclic amines) is 1. The molecule has 4 rings (SSSR count). The lowest BCUT2D eigenvalue weighted by Gasteiger charge is -2.29. The highest BCUT2D eigenvalue weighted by Crippen LogP contribution is 2.31. The highest BCUT2D eigenvalue weighted by Gasteiger charge is 2.29. The molecule has 0 radical (unpaired) electrons. The van der Waals surface area contributed by atoms with Crippen LogP contribution in [0.1, 0.15) is 47.8 Å². The minimum atomic E-state index is 0.0000242. The first-order valence-electron chi connectivity index (χ1n) is 8.62. The maximum absolute atomic E-state index is 13.2. The predicted octanol–water partition coefficient (Wildman–Crippen LogP) is 3.62. The molecule has 0 saturated carbocycles. The number of benzene rings is 1. The van der Waals surface area contributed by atoms with E-state index in [-0.39, 0.29) is 11.9 Å². The zero-order chi connectivity index (χ0) is 17.1. The Labute approximate surface area is 146 Å². The van der Waals surface area contributed by atoms with E-state index in [9.17, 15) is 4.79 Å². The number of hydrogen-bond donors (Lipinski definition) is 0. The summed E-state index contributed by atoms with van der Waals surface area (Å²) in [6.45, 7) is 0.748. The van der Waals surface area contributed by atoms with Crippen molar-refractivity contribution in [2.75, 3.05) is 6.54 Å². The molecule has 3 heterocycles. The lowest BCUT2D eigenvalue weighted by Crippen LogP contribution is -2.34. The number of aromatic nitrogens is 3. The van der Waals surface area contributed by atoms with Crippen molar-refractivity contribution in [2.24, 2.45) is 0 Å². The van der Waals surface area contributed by atoms with Gasteiger partial charge in [-0.15, -0.1) is 0 Å². The van der Waals surface area contributed by atoms with E-state index in [2.05, 4.69) is 10.1 Å². The molecule has 0 aliphatic carbocycles. The Bertz CT molecular complexity index is 827. The Kier molecular flexibility index (Phi) is 4.33. The summed E-state index contributed by atoms with van der Waals surface area (Å²) in [5.74, 6) is 0.896. The number of hydrogen-bond acceptors (Lipinski definition) is 4. The summed E-state index contributed by atoms with van der Waals surface area (Å²) in [6, 6.07) is 11.4. The highest BCUT2D eigenvalue weighted by atomic mass is 16.3. The summed E-state index contributed by atoms with van der Waals surface area (Å²) in [5.41, 5.74) is 1.49. The monoisotopic (exact) mass is 336 g/mol. The molecule has 1 amide bonds. The first-order chi connectivity index (χ1) is 12.3. The third-order valence-corrected chi connectivity index (χ3v) is 4.66. The summed E-state index contributed by atoms with van der Waals surface area (Å²) in [7, 11) is 0. The quantitative estimate of drug-likeness (QED) is 0.733. The van der Waals surface area contributed by atoms with Crippen LogP contribution in [0.2, 0.25) is 0 Å². The van der Waals surface area contributed by atoms with Crippen molar-refractivity contribution in [3.63, 3.8) is 0 Å². The fourth-order valence-electron chi connectivity index (χ4n) is 3.42. The van der Waals surface area contributed by atoms with Gasteiger partial charge in [0.1, 0.15) is 18.4 Å². The molecule has 1 aliphatic rings. The molecule has 6 nitrogen and oxygen atoms in total. The Hall–Kier alpha value is -2.89. The summed E-state index contributed by atoms with van der Waals surface area (Å²) >= 11 is 0. The average molecular weight is 336 g/mol. The van der Waals surface area contributed by atoms with Crippen LogP contribution >= 0.6 is 0 Å². The minimum absolute atomic E-state index is 0.0000242. The van der Waals surface area contributed by atoms with Crippen LogP contribution in [0.4, 0.5) is 0 Å². The normalized spacial score (nSPS) is 18.1. The molecule has 0 N–H and O–H groups in total. The van der Waals surface area contributed by atoms with Crippen molar-refractivity contribution >= 4 is 5.91 Å². The van der Waals surface area contributed by atoms with Gasteiger partial charge in [-0.25, -0.2) is 9.67 Å². The lowest BCUT2D eigenvalue weighted by atomic mass is 10.1. The third kappa shape index (κ3) is 3.20. The molecular formula is C19H20N4O2. The van der Waals surface area contributed by atoms with Crippen LogP contribution in [0.25, 0.3) is 5.69 Å². The van der Waals surface area contributed by atoms with Gasteiger partial charge < -0.3 is 9.32 Å². The summed E-state index contributed by atoms with van der Waals surface area (Å²) in [5, 5.41) is 4.14. The third-order valence-electron chi connectivity index (χ3n) is 4.66. The van der Waals surface area contributed by atoms with E-state index in [1.165, 1.54) is 6.33 Å². The average Bonchev–Trinajstić information content (AvgIpc) is 3.32. The van der Waals surface area contributed by atoms with Crippen molar-refractivity contribution < 1.29 is 9.21 Å². The molecule has 25 heavy (non-hydrogen) atoms.